The van der Waals surface area contributed by atoms with Crippen molar-refractivity contribution in [3.05, 3.63) is 65.0 Å². The third-order valence-electron chi connectivity index (χ3n) is 4.65. The molecule has 122 valence electrons. The lowest BCUT2D eigenvalue weighted by molar-refractivity contribution is -0.137. The van der Waals surface area contributed by atoms with Crippen LogP contribution < -0.4 is 5.73 Å². The van der Waals surface area contributed by atoms with E-state index in [0.29, 0.717) is 11.5 Å². The van der Waals surface area contributed by atoms with Crippen LogP contribution in [-0.4, -0.2) is 4.98 Å². The summed E-state index contributed by atoms with van der Waals surface area (Å²) in [6.07, 6.45) is -1.58. The topological polar surface area (TPSA) is 38.9 Å². The van der Waals surface area contributed by atoms with Crippen molar-refractivity contribution in [2.75, 3.05) is 0 Å². The van der Waals surface area contributed by atoms with Crippen molar-refractivity contribution >= 4 is 0 Å². The van der Waals surface area contributed by atoms with Gasteiger partial charge in [0.2, 0.25) is 0 Å². The molecule has 0 unspecified atom stereocenters. The summed E-state index contributed by atoms with van der Waals surface area (Å²) in [7, 11) is 0. The molecule has 3 rings (SSSR count). The van der Waals surface area contributed by atoms with Crippen LogP contribution in [0.15, 0.2) is 42.6 Å². The Labute approximate surface area is 133 Å². The molecule has 0 spiro atoms. The van der Waals surface area contributed by atoms with Crippen LogP contribution in [0, 0.1) is 5.41 Å². The second-order valence-corrected chi connectivity index (χ2v) is 6.82. The van der Waals surface area contributed by atoms with E-state index >= 15 is 0 Å². The first-order valence-electron chi connectivity index (χ1n) is 7.58. The lowest BCUT2D eigenvalue weighted by atomic mass is 9.94. The molecule has 0 amide bonds. The standard InChI is InChI=1S/C18H19F3N2/c1-17(2)10-14(17)13-4-3-9-23-16(13)15(22)11-5-7-12(8-6-11)18(19,20)21/h3-9,14-15H,10,22H2,1-2H3/t14-,15-/m0/s1. The number of nitrogens with zero attached hydrogens (tertiary/aromatic N) is 1. The lowest BCUT2D eigenvalue weighted by Crippen LogP contribution is -2.16. The van der Waals surface area contributed by atoms with Crippen LogP contribution >= 0.6 is 0 Å². The zero-order chi connectivity index (χ0) is 16.8. The van der Waals surface area contributed by atoms with Gasteiger partial charge in [-0.2, -0.15) is 13.2 Å². The van der Waals surface area contributed by atoms with Gasteiger partial charge in [-0.1, -0.05) is 32.0 Å². The Bertz CT molecular complexity index is 705. The molecule has 0 radical (unpaired) electrons. The number of alkyl halides is 3. The zero-order valence-corrected chi connectivity index (χ0v) is 13.1. The van der Waals surface area contributed by atoms with Crippen LogP contribution in [-0.2, 0) is 6.18 Å². The van der Waals surface area contributed by atoms with Gasteiger partial charge in [-0.25, -0.2) is 0 Å². The van der Waals surface area contributed by atoms with Crippen molar-refractivity contribution in [1.29, 1.82) is 0 Å². The van der Waals surface area contributed by atoms with E-state index in [9.17, 15) is 13.2 Å². The Hall–Kier alpha value is -1.88. The molecule has 1 fully saturated rings. The minimum Gasteiger partial charge on any atom is -0.319 e. The summed E-state index contributed by atoms with van der Waals surface area (Å²) in [5.74, 6) is 0.409. The summed E-state index contributed by atoms with van der Waals surface area (Å²) in [5.41, 5.74) is 8.34. The maximum Gasteiger partial charge on any atom is 0.416 e. The Morgan fingerprint density at radius 2 is 1.78 bits per heavy atom. The van der Waals surface area contributed by atoms with E-state index in [1.54, 1.807) is 6.20 Å². The number of benzene rings is 1. The van der Waals surface area contributed by atoms with Crippen molar-refractivity contribution in [3.63, 3.8) is 0 Å². The van der Waals surface area contributed by atoms with E-state index in [4.69, 9.17) is 5.73 Å². The smallest absolute Gasteiger partial charge is 0.319 e. The van der Waals surface area contributed by atoms with E-state index in [-0.39, 0.29) is 5.41 Å². The summed E-state index contributed by atoms with van der Waals surface area (Å²) in [6, 6.07) is 8.38. The van der Waals surface area contributed by atoms with Gasteiger partial charge >= 0.3 is 6.18 Å². The van der Waals surface area contributed by atoms with Gasteiger partial charge in [-0.05, 0) is 47.1 Å². The minimum absolute atomic E-state index is 0.234. The number of rotatable bonds is 3. The molecule has 0 bridgehead atoms. The highest BCUT2D eigenvalue weighted by molar-refractivity contribution is 5.39. The molecule has 2 N–H and O–H groups in total. The molecule has 1 aliphatic carbocycles. The van der Waals surface area contributed by atoms with Crippen LogP contribution in [0.3, 0.4) is 0 Å². The van der Waals surface area contributed by atoms with Crippen molar-refractivity contribution in [3.8, 4) is 0 Å². The fraction of sp³-hybridized carbons (Fsp3) is 0.389. The molecule has 1 saturated carbocycles. The van der Waals surface area contributed by atoms with E-state index in [2.05, 4.69) is 18.8 Å². The van der Waals surface area contributed by atoms with Crippen LogP contribution in [0.1, 0.15) is 54.6 Å². The SMILES string of the molecule is CC1(C)C[C@H]1c1cccnc1[C@@H](N)c1ccc(C(F)(F)F)cc1. The maximum absolute atomic E-state index is 12.7. The number of halogens is 3. The highest BCUT2D eigenvalue weighted by Crippen LogP contribution is 2.59. The number of aromatic nitrogens is 1. The lowest BCUT2D eigenvalue weighted by Gasteiger charge is -2.17. The average molecular weight is 320 g/mol. The third-order valence-corrected chi connectivity index (χ3v) is 4.65. The van der Waals surface area contributed by atoms with E-state index < -0.39 is 17.8 Å². The van der Waals surface area contributed by atoms with E-state index in [1.165, 1.54) is 12.1 Å². The van der Waals surface area contributed by atoms with Gasteiger partial charge in [-0.15, -0.1) is 0 Å². The van der Waals surface area contributed by atoms with Crippen molar-refractivity contribution in [2.24, 2.45) is 11.1 Å². The van der Waals surface area contributed by atoms with Gasteiger partial charge < -0.3 is 5.73 Å². The van der Waals surface area contributed by atoms with Crippen molar-refractivity contribution in [2.45, 2.75) is 38.4 Å². The Morgan fingerprint density at radius 1 is 1.17 bits per heavy atom. The summed E-state index contributed by atoms with van der Waals surface area (Å²) in [4.78, 5) is 4.41. The Balaban J connectivity index is 1.91. The molecular weight excluding hydrogens is 301 g/mol. The first-order valence-corrected chi connectivity index (χ1v) is 7.58. The molecule has 23 heavy (non-hydrogen) atoms. The Morgan fingerprint density at radius 3 is 2.30 bits per heavy atom. The van der Waals surface area contributed by atoms with Crippen molar-refractivity contribution in [1.82, 2.24) is 4.98 Å². The van der Waals surface area contributed by atoms with E-state index in [0.717, 1.165) is 29.8 Å². The normalized spacial score (nSPS) is 21.0. The molecule has 1 aliphatic rings. The minimum atomic E-state index is -4.34. The number of hydrogen-bond acceptors (Lipinski definition) is 2. The molecule has 1 aromatic carbocycles. The molecule has 2 aromatic rings. The Kier molecular flexibility index (Phi) is 3.71. The van der Waals surface area contributed by atoms with Gasteiger partial charge in [0.05, 0.1) is 17.3 Å². The number of nitrogens with two attached hydrogens (primary N) is 1. The summed E-state index contributed by atoms with van der Waals surface area (Å²) in [6.45, 7) is 4.39. The van der Waals surface area contributed by atoms with Gasteiger partial charge in [-0.3, -0.25) is 4.98 Å². The molecule has 1 aromatic heterocycles. The molecule has 1 heterocycles. The number of hydrogen-bond donors (Lipinski definition) is 1. The van der Waals surface area contributed by atoms with Crippen LogP contribution in [0.4, 0.5) is 13.2 Å². The first kappa shape index (κ1) is 16.0. The van der Waals surface area contributed by atoms with Crippen molar-refractivity contribution < 1.29 is 13.2 Å². The van der Waals surface area contributed by atoms with Gasteiger partial charge in [0.15, 0.2) is 0 Å². The molecule has 0 saturated heterocycles. The van der Waals surface area contributed by atoms with Gasteiger partial charge in [0.25, 0.3) is 0 Å². The predicted octanol–water partition coefficient (Wildman–Crippen LogP) is 4.66. The average Bonchev–Trinajstić information content (AvgIpc) is 3.14. The first-order chi connectivity index (χ1) is 10.7. The summed E-state index contributed by atoms with van der Waals surface area (Å²) in [5, 5.41) is 0. The molecular formula is C18H19F3N2. The molecule has 2 nitrogen and oxygen atoms in total. The second kappa shape index (κ2) is 5.34. The highest BCUT2D eigenvalue weighted by Gasteiger charge is 2.47. The monoisotopic (exact) mass is 320 g/mol. The number of pyridine rings is 1. The molecule has 0 aliphatic heterocycles. The van der Waals surface area contributed by atoms with Crippen LogP contribution in [0.2, 0.25) is 0 Å². The highest BCUT2D eigenvalue weighted by atomic mass is 19.4. The zero-order valence-electron chi connectivity index (χ0n) is 13.1. The fourth-order valence-electron chi connectivity index (χ4n) is 3.02. The van der Waals surface area contributed by atoms with Gasteiger partial charge in [0, 0.05) is 6.20 Å². The fourth-order valence-corrected chi connectivity index (χ4v) is 3.02. The second-order valence-electron chi connectivity index (χ2n) is 6.82. The van der Waals surface area contributed by atoms with Gasteiger partial charge in [0.1, 0.15) is 0 Å². The third kappa shape index (κ3) is 3.11. The van der Waals surface area contributed by atoms with E-state index in [1.807, 2.05) is 12.1 Å². The summed E-state index contributed by atoms with van der Waals surface area (Å²) < 4.78 is 38.0. The van der Waals surface area contributed by atoms with Crippen LogP contribution in [0.25, 0.3) is 0 Å². The maximum atomic E-state index is 12.7. The van der Waals surface area contributed by atoms with Crippen LogP contribution in [0.5, 0.6) is 0 Å². The molecule has 5 heteroatoms. The summed E-state index contributed by atoms with van der Waals surface area (Å²) >= 11 is 0. The molecule has 2 atom stereocenters. The quantitative estimate of drug-likeness (QED) is 0.893. The predicted molar refractivity (Wildman–Crippen MR) is 82.9 cm³/mol. The largest absolute Gasteiger partial charge is 0.416 e.